The maximum Gasteiger partial charge on any atom is 0.363 e. The second-order valence-corrected chi connectivity index (χ2v) is 5.81. The van der Waals surface area contributed by atoms with Crippen molar-refractivity contribution in [1.29, 1.82) is 0 Å². The van der Waals surface area contributed by atoms with Gasteiger partial charge < -0.3 is 14.2 Å². The number of carbonyl (C=O) groups is 1. The minimum Gasteiger partial charge on any atom is -0.493 e. The predicted octanol–water partition coefficient (Wildman–Crippen LogP) is 4.22. The van der Waals surface area contributed by atoms with Crippen LogP contribution in [0.4, 0.5) is 0 Å². The number of ether oxygens (including phenoxy) is 3. The lowest BCUT2D eigenvalue weighted by molar-refractivity contribution is -0.129. The van der Waals surface area contributed by atoms with Crippen molar-refractivity contribution in [2.24, 2.45) is 4.99 Å². The molecule has 5 heteroatoms. The van der Waals surface area contributed by atoms with Crippen LogP contribution in [-0.2, 0) is 9.53 Å². The molecule has 0 aliphatic carbocycles. The lowest BCUT2D eigenvalue weighted by Gasteiger charge is -2.10. The Hall–Kier alpha value is -3.08. The van der Waals surface area contributed by atoms with Crippen molar-refractivity contribution in [3.05, 3.63) is 65.4 Å². The van der Waals surface area contributed by atoms with Crippen LogP contribution < -0.4 is 9.47 Å². The molecule has 1 aliphatic heterocycles. The molecule has 0 N–H and O–H groups in total. The van der Waals surface area contributed by atoms with Crippen LogP contribution in [0, 0.1) is 0 Å². The third-order valence-corrected chi connectivity index (χ3v) is 3.89. The summed E-state index contributed by atoms with van der Waals surface area (Å²) in [6.45, 7) is 2.76. The Bertz CT molecular complexity index is 840. The number of hydrogen-bond acceptors (Lipinski definition) is 5. The standard InChI is InChI=1S/C21H21NO4/c1-3-4-12-25-18-11-10-15(14-19(18)24-2)13-17-21(23)26-20(22-17)16-8-6-5-7-9-16/h5-11,13-14H,3-4,12H2,1-2H3/b17-13+. The van der Waals surface area contributed by atoms with Gasteiger partial charge in [-0.2, -0.15) is 0 Å². The minimum absolute atomic E-state index is 0.255. The highest BCUT2D eigenvalue weighted by Gasteiger charge is 2.24. The molecule has 0 atom stereocenters. The predicted molar refractivity (Wildman–Crippen MR) is 100 cm³/mol. The maximum atomic E-state index is 12.1. The van der Waals surface area contributed by atoms with Crippen LogP contribution in [0.2, 0.25) is 0 Å². The second-order valence-electron chi connectivity index (χ2n) is 5.81. The molecule has 0 aromatic heterocycles. The summed E-state index contributed by atoms with van der Waals surface area (Å²) < 4.78 is 16.4. The molecule has 1 aliphatic rings. The topological polar surface area (TPSA) is 57.1 Å². The first kappa shape index (κ1) is 17.7. The lowest BCUT2D eigenvalue weighted by atomic mass is 10.1. The van der Waals surface area contributed by atoms with Crippen molar-refractivity contribution in [2.45, 2.75) is 19.8 Å². The SMILES string of the molecule is CCCCOc1ccc(/C=C2/N=C(c3ccccc3)OC2=O)cc1OC. The summed E-state index contributed by atoms with van der Waals surface area (Å²) in [6, 6.07) is 14.8. The molecule has 0 amide bonds. The first-order valence-electron chi connectivity index (χ1n) is 8.60. The molecule has 1 heterocycles. The number of benzene rings is 2. The van der Waals surface area contributed by atoms with Gasteiger partial charge in [-0.1, -0.05) is 37.6 Å². The molecule has 0 saturated carbocycles. The summed E-state index contributed by atoms with van der Waals surface area (Å²) in [4.78, 5) is 16.4. The number of esters is 1. The monoisotopic (exact) mass is 351 g/mol. The number of aliphatic imine (C=N–C) groups is 1. The van der Waals surface area contributed by atoms with Crippen molar-refractivity contribution >= 4 is 17.9 Å². The van der Waals surface area contributed by atoms with Gasteiger partial charge in [-0.15, -0.1) is 0 Å². The number of unbranched alkanes of at least 4 members (excludes halogenated alkanes) is 1. The first-order chi connectivity index (χ1) is 12.7. The van der Waals surface area contributed by atoms with E-state index in [0.717, 1.165) is 24.0 Å². The highest BCUT2D eigenvalue weighted by Crippen LogP contribution is 2.30. The molecule has 0 bridgehead atoms. The molecule has 0 saturated heterocycles. The number of cyclic esters (lactones) is 1. The summed E-state index contributed by atoms with van der Waals surface area (Å²) >= 11 is 0. The molecule has 2 aromatic rings. The van der Waals surface area contributed by atoms with Gasteiger partial charge in [0.1, 0.15) is 0 Å². The third kappa shape index (κ3) is 4.11. The average Bonchev–Trinajstić information content (AvgIpc) is 3.04. The lowest BCUT2D eigenvalue weighted by Crippen LogP contribution is -2.04. The summed E-state index contributed by atoms with van der Waals surface area (Å²) in [5, 5.41) is 0. The molecule has 0 spiro atoms. The zero-order valence-electron chi connectivity index (χ0n) is 14.9. The van der Waals surface area contributed by atoms with Gasteiger partial charge in [0.15, 0.2) is 17.2 Å². The summed E-state index contributed by atoms with van der Waals surface area (Å²) in [5.41, 5.74) is 1.81. The smallest absolute Gasteiger partial charge is 0.363 e. The zero-order valence-corrected chi connectivity index (χ0v) is 14.9. The normalized spacial score (nSPS) is 14.9. The largest absolute Gasteiger partial charge is 0.493 e. The van der Waals surface area contributed by atoms with Crippen molar-refractivity contribution in [2.75, 3.05) is 13.7 Å². The van der Waals surface area contributed by atoms with Gasteiger partial charge in [-0.3, -0.25) is 0 Å². The summed E-state index contributed by atoms with van der Waals surface area (Å²) in [5.74, 6) is 1.15. The fourth-order valence-corrected chi connectivity index (χ4v) is 2.49. The molecule has 3 rings (SSSR count). The number of methoxy groups -OCH3 is 1. The highest BCUT2D eigenvalue weighted by molar-refractivity contribution is 6.12. The van der Waals surface area contributed by atoms with Gasteiger partial charge in [-0.05, 0) is 42.3 Å². The molecule has 2 aromatic carbocycles. The van der Waals surface area contributed by atoms with Crippen LogP contribution in [0.15, 0.2) is 59.2 Å². The molecule has 0 unspecified atom stereocenters. The average molecular weight is 351 g/mol. The van der Waals surface area contributed by atoms with E-state index in [1.54, 1.807) is 13.2 Å². The van der Waals surface area contributed by atoms with Crippen LogP contribution in [0.3, 0.4) is 0 Å². The number of hydrogen-bond donors (Lipinski definition) is 0. The summed E-state index contributed by atoms with van der Waals surface area (Å²) in [7, 11) is 1.59. The fourth-order valence-electron chi connectivity index (χ4n) is 2.49. The Labute approximate surface area is 152 Å². The second kappa shape index (κ2) is 8.34. The van der Waals surface area contributed by atoms with Crippen molar-refractivity contribution in [3.8, 4) is 11.5 Å². The summed E-state index contributed by atoms with van der Waals surface area (Å²) in [6.07, 6.45) is 3.73. The van der Waals surface area contributed by atoms with Gasteiger partial charge in [0.05, 0.1) is 13.7 Å². The van der Waals surface area contributed by atoms with Crippen LogP contribution in [0.25, 0.3) is 6.08 Å². The zero-order chi connectivity index (χ0) is 18.4. The van der Waals surface area contributed by atoms with Gasteiger partial charge in [0.2, 0.25) is 5.90 Å². The van der Waals surface area contributed by atoms with E-state index in [2.05, 4.69) is 11.9 Å². The fraction of sp³-hybridized carbons (Fsp3) is 0.238. The Morgan fingerprint density at radius 1 is 1.12 bits per heavy atom. The maximum absolute atomic E-state index is 12.1. The third-order valence-electron chi connectivity index (χ3n) is 3.89. The Balaban J connectivity index is 1.82. The number of carbonyl (C=O) groups excluding carboxylic acids is 1. The van der Waals surface area contributed by atoms with Crippen LogP contribution in [0.1, 0.15) is 30.9 Å². The number of nitrogens with zero attached hydrogens (tertiary/aromatic N) is 1. The quantitative estimate of drug-likeness (QED) is 0.426. The van der Waals surface area contributed by atoms with E-state index in [1.165, 1.54) is 0 Å². The van der Waals surface area contributed by atoms with Crippen molar-refractivity contribution < 1.29 is 19.0 Å². The Morgan fingerprint density at radius 3 is 2.65 bits per heavy atom. The molecule has 134 valence electrons. The molecular formula is C21H21NO4. The van der Waals surface area contributed by atoms with E-state index < -0.39 is 5.97 Å². The molecule has 26 heavy (non-hydrogen) atoms. The van der Waals surface area contributed by atoms with Gasteiger partial charge >= 0.3 is 5.97 Å². The Morgan fingerprint density at radius 2 is 1.92 bits per heavy atom. The van der Waals surface area contributed by atoms with E-state index in [4.69, 9.17) is 14.2 Å². The van der Waals surface area contributed by atoms with Crippen LogP contribution >= 0.6 is 0 Å². The van der Waals surface area contributed by atoms with E-state index >= 15 is 0 Å². The Kier molecular flexibility index (Phi) is 5.69. The van der Waals surface area contributed by atoms with Crippen molar-refractivity contribution in [3.63, 3.8) is 0 Å². The van der Waals surface area contributed by atoms with Crippen LogP contribution in [-0.4, -0.2) is 25.6 Å². The molecule has 5 nitrogen and oxygen atoms in total. The molecule has 0 radical (unpaired) electrons. The van der Waals surface area contributed by atoms with E-state index in [-0.39, 0.29) is 5.70 Å². The molecular weight excluding hydrogens is 330 g/mol. The van der Waals surface area contributed by atoms with Gasteiger partial charge in [0, 0.05) is 5.56 Å². The first-order valence-corrected chi connectivity index (χ1v) is 8.60. The van der Waals surface area contributed by atoms with E-state index in [9.17, 15) is 4.79 Å². The van der Waals surface area contributed by atoms with E-state index in [1.807, 2.05) is 48.5 Å². The minimum atomic E-state index is -0.467. The number of rotatable bonds is 7. The van der Waals surface area contributed by atoms with Gasteiger partial charge in [0.25, 0.3) is 0 Å². The van der Waals surface area contributed by atoms with Crippen molar-refractivity contribution in [1.82, 2.24) is 0 Å². The van der Waals surface area contributed by atoms with Gasteiger partial charge in [-0.25, -0.2) is 9.79 Å². The highest BCUT2D eigenvalue weighted by atomic mass is 16.6. The molecule has 0 fully saturated rings. The van der Waals surface area contributed by atoms with Crippen LogP contribution in [0.5, 0.6) is 11.5 Å². The van der Waals surface area contributed by atoms with E-state index in [0.29, 0.717) is 24.0 Å².